The second-order valence-corrected chi connectivity index (χ2v) is 4.32. The minimum atomic E-state index is 0.234. The minimum Gasteiger partial charge on any atom is -0.437 e. The summed E-state index contributed by atoms with van der Waals surface area (Å²) in [5, 5.41) is 9.11. The highest BCUT2D eigenvalue weighted by Gasteiger charge is 2.09. The van der Waals surface area contributed by atoms with Crippen molar-refractivity contribution in [3.63, 3.8) is 0 Å². The summed E-state index contributed by atoms with van der Waals surface area (Å²) in [5.41, 5.74) is 2.66. The van der Waals surface area contributed by atoms with Crippen LogP contribution in [0.4, 0.5) is 0 Å². The molecule has 0 N–H and O–H groups in total. The Labute approximate surface area is 111 Å². The number of aryl methyl sites for hydroxylation is 2. The third kappa shape index (κ3) is 2.44. The Morgan fingerprint density at radius 2 is 2.00 bits per heavy atom. The van der Waals surface area contributed by atoms with Crippen LogP contribution in [0.25, 0.3) is 0 Å². The number of aromatic nitrogens is 1. The van der Waals surface area contributed by atoms with Crippen molar-refractivity contribution in [2.75, 3.05) is 0 Å². The summed E-state index contributed by atoms with van der Waals surface area (Å²) >= 11 is 6.02. The lowest BCUT2D eigenvalue weighted by Crippen LogP contribution is -1.92. The van der Waals surface area contributed by atoms with Crippen LogP contribution in [0, 0.1) is 25.2 Å². The van der Waals surface area contributed by atoms with Gasteiger partial charge in [0.1, 0.15) is 16.8 Å². The fourth-order valence-electron chi connectivity index (χ4n) is 1.47. The van der Waals surface area contributed by atoms with Gasteiger partial charge in [0.15, 0.2) is 0 Å². The summed E-state index contributed by atoms with van der Waals surface area (Å²) in [6.45, 7) is 4.03. The van der Waals surface area contributed by atoms with E-state index in [9.17, 15) is 0 Å². The van der Waals surface area contributed by atoms with Crippen LogP contribution in [0.2, 0.25) is 5.02 Å². The van der Waals surface area contributed by atoms with Crippen molar-refractivity contribution in [2.45, 2.75) is 13.8 Å². The monoisotopic (exact) mass is 258 g/mol. The van der Waals surface area contributed by atoms with E-state index in [1.54, 1.807) is 6.07 Å². The summed E-state index contributed by atoms with van der Waals surface area (Å²) < 4.78 is 5.59. The maximum atomic E-state index is 8.87. The SMILES string of the molecule is Cc1ccc(Oc2nccc(C#N)c2Cl)cc1C. The normalized spacial score (nSPS) is 9.89. The highest BCUT2D eigenvalue weighted by Crippen LogP contribution is 2.30. The third-order valence-electron chi connectivity index (χ3n) is 2.67. The molecule has 0 fully saturated rings. The highest BCUT2D eigenvalue weighted by molar-refractivity contribution is 6.33. The molecular formula is C14H11ClN2O. The predicted molar refractivity (Wildman–Crippen MR) is 70.0 cm³/mol. The fraction of sp³-hybridized carbons (Fsp3) is 0.143. The van der Waals surface area contributed by atoms with Gasteiger partial charge in [-0.15, -0.1) is 0 Å². The second kappa shape index (κ2) is 5.07. The van der Waals surface area contributed by atoms with Gasteiger partial charge >= 0.3 is 0 Å². The maximum Gasteiger partial charge on any atom is 0.239 e. The van der Waals surface area contributed by atoms with Gasteiger partial charge in [-0.05, 0) is 43.2 Å². The number of halogens is 1. The first-order chi connectivity index (χ1) is 8.61. The van der Waals surface area contributed by atoms with Crippen LogP contribution in [-0.2, 0) is 0 Å². The van der Waals surface area contributed by atoms with Crippen LogP contribution in [0.15, 0.2) is 30.5 Å². The van der Waals surface area contributed by atoms with Gasteiger partial charge in [-0.25, -0.2) is 4.98 Å². The highest BCUT2D eigenvalue weighted by atomic mass is 35.5. The van der Waals surface area contributed by atoms with Crippen molar-refractivity contribution < 1.29 is 4.74 Å². The molecule has 90 valence electrons. The first kappa shape index (κ1) is 12.4. The molecule has 0 spiro atoms. The van der Waals surface area contributed by atoms with Gasteiger partial charge in [-0.3, -0.25) is 0 Å². The molecule has 1 aromatic heterocycles. The molecule has 0 atom stereocenters. The summed E-state index contributed by atoms with van der Waals surface area (Å²) in [6.07, 6.45) is 1.50. The van der Waals surface area contributed by atoms with E-state index < -0.39 is 0 Å². The van der Waals surface area contributed by atoms with E-state index >= 15 is 0 Å². The van der Waals surface area contributed by atoms with E-state index in [1.165, 1.54) is 11.8 Å². The lowest BCUT2D eigenvalue weighted by Gasteiger charge is -2.08. The van der Waals surface area contributed by atoms with Crippen LogP contribution < -0.4 is 4.74 Å². The number of benzene rings is 1. The van der Waals surface area contributed by atoms with E-state index in [0.717, 1.165) is 5.56 Å². The number of pyridine rings is 1. The van der Waals surface area contributed by atoms with E-state index in [-0.39, 0.29) is 10.9 Å². The predicted octanol–water partition coefficient (Wildman–Crippen LogP) is 4.02. The molecule has 4 heteroatoms. The number of nitrogens with zero attached hydrogens (tertiary/aromatic N) is 2. The Morgan fingerprint density at radius 3 is 2.67 bits per heavy atom. The van der Waals surface area contributed by atoms with Crippen LogP contribution in [0.3, 0.4) is 0 Å². The molecule has 1 heterocycles. The van der Waals surface area contributed by atoms with Crippen molar-refractivity contribution in [2.24, 2.45) is 0 Å². The van der Waals surface area contributed by atoms with E-state index in [2.05, 4.69) is 4.98 Å². The number of nitriles is 1. The Kier molecular flexibility index (Phi) is 3.50. The quantitative estimate of drug-likeness (QED) is 0.817. The van der Waals surface area contributed by atoms with Crippen LogP contribution in [0.1, 0.15) is 16.7 Å². The van der Waals surface area contributed by atoms with E-state index in [4.69, 9.17) is 21.6 Å². The topological polar surface area (TPSA) is 45.9 Å². The summed E-state index contributed by atoms with van der Waals surface area (Å²) in [5.74, 6) is 0.904. The smallest absolute Gasteiger partial charge is 0.239 e. The summed E-state index contributed by atoms with van der Waals surface area (Å²) in [7, 11) is 0. The Balaban J connectivity index is 2.35. The molecule has 0 aliphatic carbocycles. The van der Waals surface area contributed by atoms with Gasteiger partial charge in [0.25, 0.3) is 0 Å². The average molecular weight is 259 g/mol. The zero-order valence-electron chi connectivity index (χ0n) is 10.1. The molecule has 18 heavy (non-hydrogen) atoms. The lowest BCUT2D eigenvalue weighted by molar-refractivity contribution is 0.462. The average Bonchev–Trinajstić information content (AvgIpc) is 2.36. The van der Waals surface area contributed by atoms with E-state index in [0.29, 0.717) is 11.3 Å². The van der Waals surface area contributed by atoms with Crippen LogP contribution in [0.5, 0.6) is 11.6 Å². The third-order valence-corrected chi connectivity index (χ3v) is 3.04. The van der Waals surface area contributed by atoms with Crippen molar-refractivity contribution in [3.05, 3.63) is 52.2 Å². The number of rotatable bonds is 2. The number of hydrogen-bond acceptors (Lipinski definition) is 3. The van der Waals surface area contributed by atoms with Gasteiger partial charge in [-0.2, -0.15) is 5.26 Å². The largest absolute Gasteiger partial charge is 0.437 e. The molecule has 0 saturated carbocycles. The zero-order chi connectivity index (χ0) is 13.1. The standard InChI is InChI=1S/C14H11ClN2O/c1-9-3-4-12(7-10(9)2)18-14-13(15)11(8-16)5-6-17-14/h3-7H,1-2H3. The molecule has 0 amide bonds. The van der Waals surface area contributed by atoms with Gasteiger partial charge in [0.2, 0.25) is 5.88 Å². The summed E-state index contributed by atoms with van der Waals surface area (Å²) in [6, 6.07) is 9.26. The maximum absolute atomic E-state index is 8.87. The van der Waals surface area contributed by atoms with Crippen LogP contribution in [-0.4, -0.2) is 4.98 Å². The number of hydrogen-bond donors (Lipinski definition) is 0. The molecule has 0 aliphatic heterocycles. The van der Waals surface area contributed by atoms with Crippen molar-refractivity contribution in [3.8, 4) is 17.7 Å². The summed E-state index contributed by atoms with van der Waals surface area (Å²) in [4.78, 5) is 4.03. The zero-order valence-corrected chi connectivity index (χ0v) is 10.8. The van der Waals surface area contributed by atoms with Crippen molar-refractivity contribution >= 4 is 11.6 Å². The lowest BCUT2D eigenvalue weighted by atomic mass is 10.1. The molecular weight excluding hydrogens is 248 g/mol. The van der Waals surface area contributed by atoms with Gasteiger partial charge < -0.3 is 4.74 Å². The molecule has 0 radical (unpaired) electrons. The molecule has 0 aliphatic rings. The van der Waals surface area contributed by atoms with Gasteiger partial charge in [0, 0.05) is 6.20 Å². The molecule has 2 aromatic rings. The molecule has 2 rings (SSSR count). The molecule has 3 nitrogen and oxygen atoms in total. The molecule has 0 bridgehead atoms. The second-order valence-electron chi connectivity index (χ2n) is 3.94. The van der Waals surface area contributed by atoms with Crippen LogP contribution >= 0.6 is 11.6 Å². The Morgan fingerprint density at radius 1 is 1.22 bits per heavy atom. The first-order valence-corrected chi connectivity index (χ1v) is 5.79. The van der Waals surface area contributed by atoms with Crippen molar-refractivity contribution in [1.82, 2.24) is 4.98 Å². The van der Waals surface area contributed by atoms with Gasteiger partial charge in [-0.1, -0.05) is 17.7 Å². The number of ether oxygens (including phenoxy) is 1. The Bertz CT molecular complexity index is 632. The fourth-order valence-corrected chi connectivity index (χ4v) is 1.66. The van der Waals surface area contributed by atoms with Gasteiger partial charge in [0.05, 0.1) is 5.56 Å². The molecule has 0 unspecified atom stereocenters. The minimum absolute atomic E-state index is 0.234. The van der Waals surface area contributed by atoms with E-state index in [1.807, 2.05) is 38.1 Å². The first-order valence-electron chi connectivity index (χ1n) is 5.41. The molecule has 0 saturated heterocycles. The Hall–Kier alpha value is -2.05. The molecule has 1 aromatic carbocycles. The van der Waals surface area contributed by atoms with Crippen molar-refractivity contribution in [1.29, 1.82) is 5.26 Å².